The smallest absolute Gasteiger partial charge is 0.0677 e. The average molecular weight is 354 g/mol. The topological polar surface area (TPSA) is 0 Å². The second-order valence-electron chi connectivity index (χ2n) is 5.33. The second-order valence-corrected chi connectivity index (χ2v) is 9.23. The summed E-state index contributed by atoms with van der Waals surface area (Å²) in [5, 5.41) is 0. The predicted molar refractivity (Wildman–Crippen MR) is 80.7 cm³/mol. The lowest BCUT2D eigenvalue weighted by atomic mass is 9.78. The summed E-state index contributed by atoms with van der Waals surface area (Å²) in [5.74, 6) is 0. The highest BCUT2D eigenvalue weighted by Crippen LogP contribution is 2.54. The van der Waals surface area contributed by atoms with Crippen molar-refractivity contribution in [3.63, 3.8) is 0 Å². The van der Waals surface area contributed by atoms with Crippen molar-refractivity contribution in [3.05, 3.63) is 53.1 Å². The highest BCUT2D eigenvalue weighted by atomic mass is 79.9. The summed E-state index contributed by atoms with van der Waals surface area (Å²) in [6, 6.07) is 8.76. The largest absolute Gasteiger partial charge is 0.102 e. The van der Waals surface area contributed by atoms with Crippen molar-refractivity contribution in [2.45, 2.75) is 28.9 Å². The van der Waals surface area contributed by atoms with Crippen LogP contribution in [-0.2, 0) is 5.41 Å². The Morgan fingerprint density at radius 1 is 1.12 bits per heavy atom. The molecular formula is C15H14Br2. The Balaban J connectivity index is 2.22. The SMILES string of the molecule is CC1(C)C2=C(C=CC(Br)(Br)C2)c2ccccc21. The molecule has 0 spiro atoms. The maximum atomic E-state index is 3.72. The van der Waals surface area contributed by atoms with Gasteiger partial charge in [0, 0.05) is 5.41 Å². The lowest BCUT2D eigenvalue weighted by Crippen LogP contribution is -2.23. The highest BCUT2D eigenvalue weighted by molar-refractivity contribution is 9.25. The van der Waals surface area contributed by atoms with Crippen LogP contribution in [0.3, 0.4) is 0 Å². The van der Waals surface area contributed by atoms with E-state index in [9.17, 15) is 0 Å². The van der Waals surface area contributed by atoms with Crippen molar-refractivity contribution in [1.82, 2.24) is 0 Å². The van der Waals surface area contributed by atoms with Crippen molar-refractivity contribution in [3.8, 4) is 0 Å². The first-order valence-electron chi connectivity index (χ1n) is 5.82. The van der Waals surface area contributed by atoms with Gasteiger partial charge in [-0.2, -0.15) is 0 Å². The molecule has 0 nitrogen and oxygen atoms in total. The lowest BCUT2D eigenvalue weighted by Gasteiger charge is -2.30. The van der Waals surface area contributed by atoms with Gasteiger partial charge < -0.3 is 0 Å². The molecule has 17 heavy (non-hydrogen) atoms. The van der Waals surface area contributed by atoms with Crippen LogP contribution < -0.4 is 0 Å². The molecule has 0 unspecified atom stereocenters. The van der Waals surface area contributed by atoms with Crippen molar-refractivity contribution >= 4 is 37.4 Å². The Kier molecular flexibility index (Phi) is 2.47. The first-order chi connectivity index (χ1) is 7.92. The summed E-state index contributed by atoms with van der Waals surface area (Å²) in [7, 11) is 0. The van der Waals surface area contributed by atoms with Gasteiger partial charge in [0.2, 0.25) is 0 Å². The Bertz CT molecular complexity index is 548. The fourth-order valence-electron chi connectivity index (χ4n) is 2.93. The molecule has 0 amide bonds. The van der Waals surface area contributed by atoms with Gasteiger partial charge in [-0.05, 0) is 28.7 Å². The number of hydrogen-bond donors (Lipinski definition) is 0. The predicted octanol–water partition coefficient (Wildman–Crippen LogP) is 5.18. The Morgan fingerprint density at radius 3 is 2.59 bits per heavy atom. The number of allylic oxidation sites excluding steroid dienone is 4. The first-order valence-corrected chi connectivity index (χ1v) is 7.41. The number of alkyl halides is 2. The van der Waals surface area contributed by atoms with E-state index in [0.29, 0.717) is 0 Å². The molecular weight excluding hydrogens is 340 g/mol. The summed E-state index contributed by atoms with van der Waals surface area (Å²) in [4.78, 5) is 0. The highest BCUT2D eigenvalue weighted by Gasteiger charge is 2.41. The lowest BCUT2D eigenvalue weighted by molar-refractivity contribution is 0.607. The zero-order valence-corrected chi connectivity index (χ0v) is 13.1. The number of benzene rings is 1. The van der Waals surface area contributed by atoms with Crippen LogP contribution in [0.5, 0.6) is 0 Å². The van der Waals surface area contributed by atoms with Crippen LogP contribution in [0.2, 0.25) is 0 Å². The zero-order valence-electron chi connectivity index (χ0n) is 9.93. The Labute approximate surface area is 119 Å². The normalized spacial score (nSPS) is 23.5. The third kappa shape index (κ3) is 1.68. The van der Waals surface area contributed by atoms with E-state index in [0.717, 1.165) is 6.42 Å². The molecule has 3 rings (SSSR count). The summed E-state index contributed by atoms with van der Waals surface area (Å²) >= 11 is 7.44. The van der Waals surface area contributed by atoms with Gasteiger partial charge in [-0.25, -0.2) is 0 Å². The minimum Gasteiger partial charge on any atom is -0.0677 e. The molecule has 0 bridgehead atoms. The van der Waals surface area contributed by atoms with E-state index in [4.69, 9.17) is 0 Å². The monoisotopic (exact) mass is 352 g/mol. The molecule has 0 saturated carbocycles. The zero-order chi connectivity index (χ0) is 12.3. The number of hydrogen-bond acceptors (Lipinski definition) is 0. The number of fused-ring (bicyclic) bond motifs is 2. The molecule has 2 aliphatic carbocycles. The number of rotatable bonds is 0. The molecule has 0 aromatic heterocycles. The summed E-state index contributed by atoms with van der Waals surface area (Å²) < 4.78 is -0.0713. The third-order valence-electron chi connectivity index (χ3n) is 3.88. The first kappa shape index (κ1) is 11.7. The van der Waals surface area contributed by atoms with Crippen LogP contribution in [0, 0.1) is 0 Å². The van der Waals surface area contributed by atoms with E-state index in [1.807, 2.05) is 0 Å². The Morgan fingerprint density at radius 2 is 1.82 bits per heavy atom. The van der Waals surface area contributed by atoms with E-state index >= 15 is 0 Å². The van der Waals surface area contributed by atoms with Gasteiger partial charge in [0.25, 0.3) is 0 Å². The second kappa shape index (κ2) is 3.58. The van der Waals surface area contributed by atoms with E-state index in [2.05, 4.69) is 82.1 Å². The van der Waals surface area contributed by atoms with E-state index < -0.39 is 0 Å². The quantitative estimate of drug-likeness (QED) is 0.564. The molecule has 0 saturated heterocycles. The molecule has 2 heteroatoms. The summed E-state index contributed by atoms with van der Waals surface area (Å²) in [6.07, 6.45) is 5.46. The van der Waals surface area contributed by atoms with Crippen LogP contribution in [-0.4, -0.2) is 3.23 Å². The van der Waals surface area contributed by atoms with Crippen molar-refractivity contribution in [1.29, 1.82) is 0 Å². The van der Waals surface area contributed by atoms with Gasteiger partial charge in [0.15, 0.2) is 0 Å². The van der Waals surface area contributed by atoms with Crippen LogP contribution in [0.4, 0.5) is 0 Å². The van der Waals surface area contributed by atoms with Gasteiger partial charge in [-0.1, -0.05) is 82.1 Å². The molecule has 0 heterocycles. The standard InChI is InChI=1S/C15H14Br2/c1-14(2)12-6-4-3-5-10(12)11-7-8-15(16,17)9-13(11)14/h3-8H,9H2,1-2H3. The fraction of sp³-hybridized carbons (Fsp3) is 0.333. The van der Waals surface area contributed by atoms with Crippen LogP contribution in [0.1, 0.15) is 31.4 Å². The van der Waals surface area contributed by atoms with E-state index in [1.54, 1.807) is 0 Å². The molecule has 2 aliphatic rings. The summed E-state index contributed by atoms with van der Waals surface area (Å²) in [6.45, 7) is 4.65. The number of halogens is 2. The minimum absolute atomic E-state index is 0.0713. The van der Waals surface area contributed by atoms with Gasteiger partial charge >= 0.3 is 0 Å². The average Bonchev–Trinajstić information content (AvgIpc) is 2.48. The molecule has 1 aromatic rings. The third-order valence-corrected chi connectivity index (χ3v) is 4.97. The van der Waals surface area contributed by atoms with Crippen LogP contribution in [0.15, 0.2) is 42.0 Å². The van der Waals surface area contributed by atoms with Crippen molar-refractivity contribution < 1.29 is 0 Å². The molecule has 1 aromatic carbocycles. The van der Waals surface area contributed by atoms with Crippen molar-refractivity contribution in [2.24, 2.45) is 0 Å². The minimum atomic E-state index is -0.0713. The molecule has 0 fully saturated rings. The van der Waals surface area contributed by atoms with Crippen molar-refractivity contribution in [2.75, 3.05) is 0 Å². The molecule has 0 radical (unpaired) electrons. The molecule has 88 valence electrons. The van der Waals surface area contributed by atoms with Gasteiger partial charge in [-0.3, -0.25) is 0 Å². The van der Waals surface area contributed by atoms with Gasteiger partial charge in [0.1, 0.15) is 3.23 Å². The van der Waals surface area contributed by atoms with E-state index in [1.165, 1.54) is 22.3 Å². The molecule has 0 N–H and O–H groups in total. The summed E-state index contributed by atoms with van der Waals surface area (Å²) in [5.41, 5.74) is 5.94. The van der Waals surface area contributed by atoms with Crippen LogP contribution in [0.25, 0.3) is 5.57 Å². The molecule has 0 atom stereocenters. The maximum absolute atomic E-state index is 3.72. The van der Waals surface area contributed by atoms with Gasteiger partial charge in [-0.15, -0.1) is 0 Å². The fourth-order valence-corrected chi connectivity index (χ4v) is 3.76. The molecule has 0 aliphatic heterocycles. The van der Waals surface area contributed by atoms with E-state index in [-0.39, 0.29) is 8.65 Å². The maximum Gasteiger partial charge on any atom is 0.102 e. The Hall–Kier alpha value is -0.340. The van der Waals surface area contributed by atoms with Gasteiger partial charge in [0.05, 0.1) is 0 Å². The van der Waals surface area contributed by atoms with Crippen LogP contribution >= 0.6 is 31.9 Å².